The Bertz CT molecular complexity index is 653. The molecule has 2 rings (SSSR count). The molecule has 1 aromatic rings. The van der Waals surface area contributed by atoms with Gasteiger partial charge in [0.15, 0.2) is 6.61 Å². The Labute approximate surface area is 161 Å². The normalized spacial score (nSPS) is 14.0. The Kier molecular flexibility index (Phi) is 8.30. The minimum absolute atomic E-state index is 0.0544. The van der Waals surface area contributed by atoms with Gasteiger partial charge in [-0.25, -0.2) is 0 Å². The summed E-state index contributed by atoms with van der Waals surface area (Å²) in [7, 11) is 0. The number of carbonyl (C=O) groups excluding carboxylic acids is 3. The fourth-order valence-corrected chi connectivity index (χ4v) is 3.38. The van der Waals surface area contributed by atoms with E-state index in [0.717, 1.165) is 43.4 Å². The number of para-hydroxylation sites is 1. The zero-order chi connectivity index (χ0) is 19.6. The first-order valence-electron chi connectivity index (χ1n) is 9.78. The maximum Gasteiger partial charge on any atom is 0.306 e. The molecule has 0 spiro atoms. The van der Waals surface area contributed by atoms with E-state index in [2.05, 4.69) is 5.32 Å². The van der Waals surface area contributed by atoms with Crippen molar-refractivity contribution in [2.24, 2.45) is 5.92 Å². The largest absolute Gasteiger partial charge is 0.456 e. The van der Waals surface area contributed by atoms with E-state index in [-0.39, 0.29) is 30.9 Å². The molecule has 1 saturated carbocycles. The molecule has 1 N–H and O–H groups in total. The van der Waals surface area contributed by atoms with Gasteiger partial charge in [0.1, 0.15) is 0 Å². The maximum atomic E-state index is 12.4. The predicted octanol–water partition coefficient (Wildman–Crippen LogP) is 3.30. The van der Waals surface area contributed by atoms with Gasteiger partial charge in [-0.3, -0.25) is 14.4 Å². The van der Waals surface area contributed by atoms with E-state index in [4.69, 9.17) is 4.74 Å². The van der Waals surface area contributed by atoms with E-state index in [0.29, 0.717) is 18.9 Å². The van der Waals surface area contributed by atoms with E-state index in [9.17, 15) is 14.4 Å². The first-order chi connectivity index (χ1) is 13.0. The molecule has 0 bridgehead atoms. The lowest BCUT2D eigenvalue weighted by Gasteiger charge is -2.22. The average Bonchev–Trinajstić information content (AvgIpc) is 3.14. The first kappa shape index (κ1) is 20.9. The van der Waals surface area contributed by atoms with Crippen molar-refractivity contribution in [3.05, 3.63) is 29.8 Å². The molecule has 6 heteroatoms. The van der Waals surface area contributed by atoms with Crippen molar-refractivity contribution in [1.82, 2.24) is 4.90 Å². The van der Waals surface area contributed by atoms with Gasteiger partial charge in [0.25, 0.3) is 5.91 Å². The number of nitrogens with one attached hydrogen (secondary N) is 1. The highest BCUT2D eigenvalue weighted by Crippen LogP contribution is 2.27. The van der Waals surface area contributed by atoms with Crippen LogP contribution < -0.4 is 5.32 Å². The van der Waals surface area contributed by atoms with E-state index in [1.807, 2.05) is 38.1 Å². The zero-order valence-electron chi connectivity index (χ0n) is 16.3. The van der Waals surface area contributed by atoms with E-state index in [1.54, 1.807) is 0 Å². The smallest absolute Gasteiger partial charge is 0.306 e. The van der Waals surface area contributed by atoms with Crippen LogP contribution in [0.15, 0.2) is 24.3 Å². The predicted molar refractivity (Wildman–Crippen MR) is 104 cm³/mol. The third-order valence-corrected chi connectivity index (χ3v) is 4.89. The van der Waals surface area contributed by atoms with Crippen LogP contribution in [-0.2, 0) is 19.1 Å². The van der Waals surface area contributed by atoms with E-state index < -0.39 is 0 Å². The number of nitrogens with zero attached hydrogens (tertiary/aromatic N) is 1. The summed E-state index contributed by atoms with van der Waals surface area (Å²) < 4.78 is 5.15. The quantitative estimate of drug-likeness (QED) is 0.673. The standard InChI is InChI=1S/C21H30N2O4/c1-3-12-23(14-19(24)22-18-11-7-4-8-16(18)2)20(25)15-27-21(26)13-17-9-5-6-10-17/h4,7-8,11,17H,3,5-6,9-10,12-15H2,1-2H3,(H,22,24). The number of anilines is 1. The van der Waals surface area contributed by atoms with Crippen LogP contribution in [0.5, 0.6) is 0 Å². The van der Waals surface area contributed by atoms with Crippen molar-refractivity contribution in [3.8, 4) is 0 Å². The molecule has 0 unspecified atom stereocenters. The van der Waals surface area contributed by atoms with Gasteiger partial charge in [0.05, 0.1) is 6.54 Å². The molecule has 0 saturated heterocycles. The van der Waals surface area contributed by atoms with Gasteiger partial charge in [-0.05, 0) is 43.7 Å². The lowest BCUT2D eigenvalue weighted by Crippen LogP contribution is -2.40. The molecule has 27 heavy (non-hydrogen) atoms. The van der Waals surface area contributed by atoms with Crippen LogP contribution in [-0.4, -0.2) is 42.4 Å². The molecule has 148 valence electrons. The van der Waals surface area contributed by atoms with E-state index >= 15 is 0 Å². The van der Waals surface area contributed by atoms with Crippen LogP contribution in [0.25, 0.3) is 0 Å². The Hall–Kier alpha value is -2.37. The van der Waals surface area contributed by atoms with Gasteiger partial charge < -0.3 is 15.0 Å². The molecule has 0 radical (unpaired) electrons. The van der Waals surface area contributed by atoms with Crippen LogP contribution in [0.2, 0.25) is 0 Å². The van der Waals surface area contributed by atoms with Crippen molar-refractivity contribution in [1.29, 1.82) is 0 Å². The summed E-state index contributed by atoms with van der Waals surface area (Å²) in [5, 5.41) is 2.83. The van der Waals surface area contributed by atoms with E-state index in [1.165, 1.54) is 4.90 Å². The lowest BCUT2D eigenvalue weighted by atomic mass is 10.0. The summed E-state index contributed by atoms with van der Waals surface area (Å²) >= 11 is 0. The molecule has 0 heterocycles. The molecule has 0 aliphatic heterocycles. The third-order valence-electron chi connectivity index (χ3n) is 4.89. The van der Waals surface area contributed by atoms with Crippen molar-refractivity contribution >= 4 is 23.5 Å². The lowest BCUT2D eigenvalue weighted by molar-refractivity contribution is -0.153. The molecule has 6 nitrogen and oxygen atoms in total. The number of esters is 1. The van der Waals surface area contributed by atoms with Crippen LogP contribution in [0.1, 0.15) is 51.0 Å². The Morgan fingerprint density at radius 2 is 1.89 bits per heavy atom. The molecule has 1 aliphatic carbocycles. The third kappa shape index (κ3) is 7.04. The molecule has 1 aromatic carbocycles. The monoisotopic (exact) mass is 374 g/mol. The summed E-state index contributed by atoms with van der Waals surface area (Å²) in [5.41, 5.74) is 1.69. The average molecular weight is 374 g/mol. The number of hydrogen-bond acceptors (Lipinski definition) is 4. The second-order valence-electron chi connectivity index (χ2n) is 7.19. The molecular formula is C21H30N2O4. The Morgan fingerprint density at radius 1 is 1.19 bits per heavy atom. The number of benzene rings is 1. The number of carbonyl (C=O) groups is 3. The van der Waals surface area contributed by atoms with Crippen LogP contribution in [0.3, 0.4) is 0 Å². The first-order valence-corrected chi connectivity index (χ1v) is 9.78. The highest BCUT2D eigenvalue weighted by Gasteiger charge is 2.22. The zero-order valence-corrected chi connectivity index (χ0v) is 16.3. The van der Waals surface area contributed by atoms with Crippen LogP contribution in [0, 0.1) is 12.8 Å². The maximum absolute atomic E-state index is 12.4. The fraction of sp³-hybridized carbons (Fsp3) is 0.571. The summed E-state index contributed by atoms with van der Waals surface area (Å²) in [4.78, 5) is 38.1. The summed E-state index contributed by atoms with van der Waals surface area (Å²) in [6.45, 7) is 3.94. The van der Waals surface area contributed by atoms with Crippen molar-refractivity contribution < 1.29 is 19.1 Å². The van der Waals surface area contributed by atoms with Crippen molar-refractivity contribution in [3.63, 3.8) is 0 Å². The second kappa shape index (κ2) is 10.7. The summed E-state index contributed by atoms with van der Waals surface area (Å²) in [6.07, 6.45) is 5.55. The molecular weight excluding hydrogens is 344 g/mol. The molecule has 1 fully saturated rings. The second-order valence-corrected chi connectivity index (χ2v) is 7.19. The fourth-order valence-electron chi connectivity index (χ4n) is 3.38. The Morgan fingerprint density at radius 3 is 2.56 bits per heavy atom. The van der Waals surface area contributed by atoms with Crippen LogP contribution >= 0.6 is 0 Å². The molecule has 2 amide bonds. The molecule has 1 aliphatic rings. The van der Waals surface area contributed by atoms with Gasteiger partial charge in [-0.1, -0.05) is 38.0 Å². The van der Waals surface area contributed by atoms with Crippen molar-refractivity contribution in [2.75, 3.05) is 25.0 Å². The van der Waals surface area contributed by atoms with Gasteiger partial charge in [-0.15, -0.1) is 0 Å². The highest BCUT2D eigenvalue weighted by molar-refractivity contribution is 5.95. The van der Waals surface area contributed by atoms with Gasteiger partial charge in [-0.2, -0.15) is 0 Å². The van der Waals surface area contributed by atoms with Crippen molar-refractivity contribution in [2.45, 2.75) is 52.4 Å². The number of amides is 2. The minimum atomic E-state index is -0.337. The van der Waals surface area contributed by atoms with Gasteiger partial charge >= 0.3 is 5.97 Å². The van der Waals surface area contributed by atoms with Crippen LogP contribution in [0.4, 0.5) is 5.69 Å². The van der Waals surface area contributed by atoms with Gasteiger partial charge in [0, 0.05) is 18.7 Å². The minimum Gasteiger partial charge on any atom is -0.456 e. The number of rotatable bonds is 9. The summed E-state index contributed by atoms with van der Waals surface area (Å²) in [5.74, 6) is -0.532. The number of aryl methyl sites for hydroxylation is 1. The summed E-state index contributed by atoms with van der Waals surface area (Å²) in [6, 6.07) is 7.48. The SMILES string of the molecule is CCCN(CC(=O)Nc1ccccc1C)C(=O)COC(=O)CC1CCCC1. The highest BCUT2D eigenvalue weighted by atomic mass is 16.5. The molecule has 0 aromatic heterocycles. The topological polar surface area (TPSA) is 75.7 Å². The number of ether oxygens (including phenoxy) is 1. The molecule has 0 atom stereocenters. The number of hydrogen-bond donors (Lipinski definition) is 1. The Balaban J connectivity index is 1.81. The van der Waals surface area contributed by atoms with Gasteiger partial charge in [0.2, 0.25) is 5.91 Å².